The van der Waals surface area contributed by atoms with Crippen molar-refractivity contribution in [3.05, 3.63) is 34.4 Å². The van der Waals surface area contributed by atoms with Gasteiger partial charge in [-0.05, 0) is 31.2 Å². The zero-order valence-corrected chi connectivity index (χ0v) is 21.3. The minimum atomic E-state index is -3.54. The van der Waals surface area contributed by atoms with Gasteiger partial charge in [-0.3, -0.25) is 9.59 Å². The van der Waals surface area contributed by atoms with Crippen LogP contribution in [-0.4, -0.2) is 55.7 Å². The molecule has 2 aromatic heterocycles. The van der Waals surface area contributed by atoms with Crippen LogP contribution in [0.3, 0.4) is 0 Å². The van der Waals surface area contributed by atoms with Crippen LogP contribution in [0.2, 0.25) is 0 Å². The van der Waals surface area contributed by atoms with Crippen LogP contribution >= 0.6 is 22.7 Å². The molecule has 0 unspecified atom stereocenters. The maximum atomic E-state index is 13.1. The number of benzene rings is 1. The molecule has 5 rings (SSSR count). The summed E-state index contributed by atoms with van der Waals surface area (Å²) >= 11 is 2.45. The molecule has 3 aromatic rings. The Morgan fingerprint density at radius 1 is 1.20 bits per heavy atom. The van der Waals surface area contributed by atoms with Crippen LogP contribution in [-0.2, 0) is 30.9 Å². The summed E-state index contributed by atoms with van der Waals surface area (Å²) in [5.74, 6) is -0.0136. The molecule has 1 saturated heterocycles. The van der Waals surface area contributed by atoms with E-state index in [2.05, 4.69) is 4.99 Å². The van der Waals surface area contributed by atoms with Gasteiger partial charge < -0.3 is 18.8 Å². The van der Waals surface area contributed by atoms with Gasteiger partial charge in [0.05, 0.1) is 16.8 Å². The number of carbonyl (C=O) groups is 2. The Kier molecular flexibility index (Phi) is 6.66. The Morgan fingerprint density at radius 2 is 1.94 bits per heavy atom. The summed E-state index contributed by atoms with van der Waals surface area (Å²) in [6, 6.07) is 6.87. The SMILES string of the molecule is CCOC(=O)Cn1c(=NC(=O)C2CCN(S(=O)(=O)c3cccs3)CC2)sc2cc3c(cc21)OCO3. The molecule has 0 bridgehead atoms. The number of thiophene rings is 1. The molecule has 0 aliphatic carbocycles. The quantitative estimate of drug-likeness (QED) is 0.444. The molecular weight excluding hydrogens is 514 g/mol. The van der Waals surface area contributed by atoms with Gasteiger partial charge in [-0.25, -0.2) is 8.42 Å². The molecule has 1 aromatic carbocycles. The van der Waals surface area contributed by atoms with Gasteiger partial charge in [0, 0.05) is 31.1 Å². The highest BCUT2D eigenvalue weighted by Crippen LogP contribution is 2.37. The number of ether oxygens (including phenoxy) is 3. The molecule has 35 heavy (non-hydrogen) atoms. The first-order valence-corrected chi connectivity index (χ1v) is 14.2. The van der Waals surface area contributed by atoms with Crippen LogP contribution in [0, 0.1) is 5.92 Å². The van der Waals surface area contributed by atoms with E-state index in [9.17, 15) is 18.0 Å². The van der Waals surface area contributed by atoms with Gasteiger partial charge >= 0.3 is 5.97 Å². The van der Waals surface area contributed by atoms with E-state index < -0.39 is 21.9 Å². The summed E-state index contributed by atoms with van der Waals surface area (Å²) in [5, 5.41) is 1.73. The Bertz CT molecular complexity index is 1430. The Morgan fingerprint density at radius 3 is 2.63 bits per heavy atom. The van der Waals surface area contributed by atoms with Crippen LogP contribution in [0.25, 0.3) is 10.2 Å². The Balaban J connectivity index is 1.40. The summed E-state index contributed by atoms with van der Waals surface area (Å²) in [5.41, 5.74) is 0.690. The van der Waals surface area contributed by atoms with Gasteiger partial charge in [0.1, 0.15) is 10.8 Å². The summed E-state index contributed by atoms with van der Waals surface area (Å²) < 4.78 is 45.7. The second-order valence-electron chi connectivity index (χ2n) is 8.01. The number of amides is 1. The van der Waals surface area contributed by atoms with Gasteiger partial charge in [0.25, 0.3) is 15.9 Å². The highest BCUT2D eigenvalue weighted by molar-refractivity contribution is 7.91. The predicted molar refractivity (Wildman–Crippen MR) is 129 cm³/mol. The van der Waals surface area contributed by atoms with Gasteiger partial charge in [-0.15, -0.1) is 11.3 Å². The van der Waals surface area contributed by atoms with Gasteiger partial charge in [-0.2, -0.15) is 9.30 Å². The number of piperidine rings is 1. The van der Waals surface area contributed by atoms with Crippen molar-refractivity contribution in [2.24, 2.45) is 10.9 Å². The van der Waals surface area contributed by atoms with Crippen molar-refractivity contribution >= 4 is 54.8 Å². The van der Waals surface area contributed by atoms with Crippen LogP contribution in [0.15, 0.2) is 38.8 Å². The molecular formula is C22H23N3O7S3. The van der Waals surface area contributed by atoms with Crippen molar-refractivity contribution < 1.29 is 32.2 Å². The molecule has 186 valence electrons. The lowest BCUT2D eigenvalue weighted by molar-refractivity contribution is -0.143. The molecule has 10 nitrogen and oxygen atoms in total. The third kappa shape index (κ3) is 4.73. The zero-order valence-electron chi connectivity index (χ0n) is 18.8. The van der Waals surface area contributed by atoms with Crippen molar-refractivity contribution in [3.63, 3.8) is 0 Å². The Hall–Kier alpha value is -2.74. The molecule has 0 atom stereocenters. The van der Waals surface area contributed by atoms with Crippen LogP contribution < -0.4 is 14.3 Å². The van der Waals surface area contributed by atoms with E-state index in [0.717, 1.165) is 4.70 Å². The van der Waals surface area contributed by atoms with E-state index in [1.54, 1.807) is 41.1 Å². The van der Waals surface area contributed by atoms with E-state index in [4.69, 9.17) is 14.2 Å². The van der Waals surface area contributed by atoms with E-state index in [-0.39, 0.29) is 38.9 Å². The number of rotatable bonds is 6. The molecule has 4 heterocycles. The smallest absolute Gasteiger partial charge is 0.326 e. The fourth-order valence-electron chi connectivity index (χ4n) is 4.10. The maximum absolute atomic E-state index is 13.1. The molecule has 2 aliphatic heterocycles. The second kappa shape index (κ2) is 9.72. The van der Waals surface area contributed by atoms with Crippen LogP contribution in [0.5, 0.6) is 11.5 Å². The average molecular weight is 538 g/mol. The largest absolute Gasteiger partial charge is 0.465 e. The standard InChI is InChI=1S/C22H23N3O7S3/c1-2-30-19(26)12-25-15-10-16-17(32-13-31-16)11-18(15)34-22(25)23-21(27)14-5-7-24(8-6-14)35(28,29)20-4-3-9-33-20/h3-4,9-11,14H,2,5-8,12-13H2,1H3. The number of esters is 1. The first-order valence-electron chi connectivity index (χ1n) is 11.1. The lowest BCUT2D eigenvalue weighted by Gasteiger charge is -2.29. The van der Waals surface area contributed by atoms with Gasteiger partial charge in [-0.1, -0.05) is 17.4 Å². The van der Waals surface area contributed by atoms with Crippen LogP contribution in [0.4, 0.5) is 0 Å². The molecule has 1 fully saturated rings. The molecule has 1 amide bonds. The third-order valence-corrected chi connectivity index (χ3v) is 10.2. The number of hydrogen-bond donors (Lipinski definition) is 0. The van der Waals surface area contributed by atoms with Crippen molar-refractivity contribution in [2.75, 3.05) is 26.5 Å². The summed E-state index contributed by atoms with van der Waals surface area (Å²) in [6.07, 6.45) is 0.761. The summed E-state index contributed by atoms with van der Waals surface area (Å²) in [4.78, 5) is 30.1. The summed E-state index contributed by atoms with van der Waals surface area (Å²) in [6.45, 7) is 2.50. The normalized spacial score (nSPS) is 17.2. The van der Waals surface area contributed by atoms with Crippen molar-refractivity contribution in [1.82, 2.24) is 8.87 Å². The van der Waals surface area contributed by atoms with Crippen molar-refractivity contribution in [2.45, 2.75) is 30.5 Å². The average Bonchev–Trinajstić information content (AvgIpc) is 3.59. The number of thiazole rings is 1. The maximum Gasteiger partial charge on any atom is 0.326 e. The van der Waals surface area contributed by atoms with E-state index in [0.29, 0.717) is 38.9 Å². The third-order valence-electron chi connectivity index (χ3n) is 5.87. The van der Waals surface area contributed by atoms with Gasteiger partial charge in [0.15, 0.2) is 16.3 Å². The number of fused-ring (bicyclic) bond motifs is 2. The van der Waals surface area contributed by atoms with Crippen molar-refractivity contribution in [1.29, 1.82) is 0 Å². The number of hydrogen-bond acceptors (Lipinski definition) is 9. The highest BCUT2D eigenvalue weighted by atomic mass is 32.2. The fourth-order valence-corrected chi connectivity index (χ4v) is 7.76. The first kappa shape index (κ1) is 24.0. The van der Waals surface area contributed by atoms with E-state index in [1.165, 1.54) is 27.0 Å². The lowest BCUT2D eigenvalue weighted by Crippen LogP contribution is -2.40. The monoisotopic (exact) mass is 537 g/mol. The number of aromatic nitrogens is 1. The van der Waals surface area contributed by atoms with Crippen LogP contribution in [0.1, 0.15) is 19.8 Å². The molecule has 13 heteroatoms. The first-order chi connectivity index (χ1) is 16.9. The highest BCUT2D eigenvalue weighted by Gasteiger charge is 2.32. The van der Waals surface area contributed by atoms with Gasteiger partial charge in [0.2, 0.25) is 6.79 Å². The van der Waals surface area contributed by atoms with E-state index in [1.807, 2.05) is 0 Å². The van der Waals surface area contributed by atoms with Crippen molar-refractivity contribution in [3.8, 4) is 11.5 Å². The molecule has 2 aliphatic rings. The Labute approximate surface area is 209 Å². The second-order valence-corrected chi connectivity index (χ2v) is 12.1. The predicted octanol–water partition coefficient (Wildman–Crippen LogP) is 2.58. The minimum Gasteiger partial charge on any atom is -0.465 e. The summed E-state index contributed by atoms with van der Waals surface area (Å²) in [7, 11) is -3.54. The molecule has 0 radical (unpaired) electrons. The topological polar surface area (TPSA) is 116 Å². The molecule has 0 spiro atoms. The molecule has 0 N–H and O–H groups in total. The molecule has 0 saturated carbocycles. The minimum absolute atomic E-state index is 0.100. The lowest BCUT2D eigenvalue weighted by atomic mass is 9.98. The zero-order chi connectivity index (χ0) is 24.6. The number of nitrogens with zero attached hydrogens (tertiary/aromatic N) is 3. The van der Waals surface area contributed by atoms with E-state index >= 15 is 0 Å². The fraction of sp³-hybridized carbons (Fsp3) is 0.409. The number of carbonyl (C=O) groups excluding carboxylic acids is 2. The number of sulfonamides is 1.